The highest BCUT2D eigenvalue weighted by atomic mass is 32.2. The Morgan fingerprint density at radius 1 is 1.22 bits per heavy atom. The number of benzene rings is 1. The van der Waals surface area contributed by atoms with Crippen LogP contribution >= 0.6 is 11.8 Å². The third kappa shape index (κ3) is 6.69. The van der Waals surface area contributed by atoms with Crippen molar-refractivity contribution in [2.45, 2.75) is 31.7 Å². The lowest BCUT2D eigenvalue weighted by atomic mass is 10.0. The Labute approximate surface area is 210 Å². The van der Waals surface area contributed by atoms with Crippen LogP contribution in [-0.4, -0.2) is 50.4 Å². The van der Waals surface area contributed by atoms with Crippen LogP contribution in [0.5, 0.6) is 0 Å². The Bertz CT molecular complexity index is 1340. The molecule has 0 unspecified atom stereocenters. The highest BCUT2D eigenvalue weighted by molar-refractivity contribution is 8.00. The van der Waals surface area contributed by atoms with Gasteiger partial charge in [0, 0.05) is 25.8 Å². The molecule has 0 saturated heterocycles. The number of pyridine rings is 1. The molecule has 0 saturated carbocycles. The summed E-state index contributed by atoms with van der Waals surface area (Å²) in [7, 11) is -2.43. The normalized spacial score (nSPS) is 12.2. The van der Waals surface area contributed by atoms with Crippen LogP contribution < -0.4 is 9.62 Å². The lowest BCUT2D eigenvalue weighted by Crippen LogP contribution is -2.33. The number of nitrogens with zero attached hydrogens (tertiary/aromatic N) is 2. The van der Waals surface area contributed by atoms with Gasteiger partial charge in [-0.25, -0.2) is 12.8 Å². The van der Waals surface area contributed by atoms with Crippen molar-refractivity contribution in [3.05, 3.63) is 58.6 Å². The van der Waals surface area contributed by atoms with Gasteiger partial charge in [0.25, 0.3) is 5.91 Å². The molecule has 0 aliphatic heterocycles. The number of halogens is 4. The summed E-state index contributed by atoms with van der Waals surface area (Å²) in [5, 5.41) is 2.92. The second-order valence-corrected chi connectivity index (χ2v) is 11.0. The average molecular weight is 548 g/mol. The number of amides is 1. The van der Waals surface area contributed by atoms with Gasteiger partial charge >= 0.3 is 5.51 Å². The first kappa shape index (κ1) is 27.8. The molecule has 0 atom stereocenters. The smallest absolute Gasteiger partial charge is 0.441 e. The highest BCUT2D eigenvalue weighted by Crippen LogP contribution is 2.34. The molecule has 0 aliphatic rings. The van der Waals surface area contributed by atoms with E-state index in [9.17, 15) is 30.8 Å². The van der Waals surface area contributed by atoms with Crippen molar-refractivity contribution in [2.24, 2.45) is 0 Å². The van der Waals surface area contributed by atoms with E-state index in [2.05, 4.69) is 10.3 Å². The maximum Gasteiger partial charge on any atom is 0.441 e. The number of hydrogen-bond donors (Lipinski definition) is 1. The van der Waals surface area contributed by atoms with E-state index in [-0.39, 0.29) is 59.8 Å². The Balaban J connectivity index is 2.07. The second-order valence-electron chi connectivity index (χ2n) is 7.94. The lowest BCUT2D eigenvalue weighted by Gasteiger charge is -2.23. The predicted octanol–water partition coefficient (Wildman–Crippen LogP) is 4.89. The number of rotatable bonds is 10. The van der Waals surface area contributed by atoms with Gasteiger partial charge in [-0.2, -0.15) is 18.2 Å². The van der Waals surface area contributed by atoms with Crippen LogP contribution in [0.3, 0.4) is 0 Å². The number of alkyl halides is 3. The highest BCUT2D eigenvalue weighted by Gasteiger charge is 2.29. The summed E-state index contributed by atoms with van der Waals surface area (Å²) >= 11 is -0.222. The fourth-order valence-corrected chi connectivity index (χ4v) is 5.13. The third-order valence-corrected chi connectivity index (χ3v) is 7.31. The largest absolute Gasteiger partial charge is 0.441 e. The second kappa shape index (κ2) is 11.1. The molecule has 2 aromatic heterocycles. The molecular formula is C23H25F4N3O4S2. The van der Waals surface area contributed by atoms with Crippen molar-refractivity contribution < 1.29 is 35.2 Å². The standard InChI is InChI=1S/C23H25F4N3O4S2/c1-4-15-13-17-19(21(31)28-2)18(12-14-6-8-16(24)9-7-14)34-22(17)29-20(15)30(36(3,32)33)10-5-11-35-23(25,26)27/h6-9,13H,4-5,10-12H2,1-3H3,(H,28,31). The SMILES string of the molecule is CCc1cc2c(C(=O)NC)c(Cc3ccc(F)cc3)oc2nc1N(CCCSC(F)(F)F)S(C)(=O)=O. The van der Waals surface area contributed by atoms with Gasteiger partial charge in [0.05, 0.1) is 17.2 Å². The van der Waals surface area contributed by atoms with Gasteiger partial charge in [-0.1, -0.05) is 30.8 Å². The van der Waals surface area contributed by atoms with Crippen LogP contribution in [0.15, 0.2) is 34.7 Å². The minimum atomic E-state index is -4.41. The minimum absolute atomic E-state index is 0.0104. The maximum absolute atomic E-state index is 13.3. The molecule has 13 heteroatoms. The van der Waals surface area contributed by atoms with Crippen molar-refractivity contribution >= 4 is 44.6 Å². The Morgan fingerprint density at radius 3 is 2.44 bits per heavy atom. The van der Waals surface area contributed by atoms with E-state index in [1.807, 2.05) is 0 Å². The Kier molecular flexibility index (Phi) is 8.55. The summed E-state index contributed by atoms with van der Waals surface area (Å²) in [4.78, 5) is 17.1. The van der Waals surface area contributed by atoms with Crippen LogP contribution in [0.2, 0.25) is 0 Å². The zero-order valence-corrected chi connectivity index (χ0v) is 21.4. The van der Waals surface area contributed by atoms with Crippen molar-refractivity contribution in [1.82, 2.24) is 10.3 Å². The quantitative estimate of drug-likeness (QED) is 0.287. The number of carbonyl (C=O) groups excluding carboxylic acids is 1. The summed E-state index contributed by atoms with van der Waals surface area (Å²) in [5.41, 5.74) is -3.02. The summed E-state index contributed by atoms with van der Waals surface area (Å²) in [5.74, 6) is -0.872. The fraction of sp³-hybridized carbons (Fsp3) is 0.391. The summed E-state index contributed by atoms with van der Waals surface area (Å²) in [6.45, 7) is 1.56. The number of nitrogens with one attached hydrogen (secondary N) is 1. The van der Waals surface area contributed by atoms with Crippen LogP contribution in [0, 0.1) is 5.82 Å². The van der Waals surface area contributed by atoms with E-state index in [1.54, 1.807) is 25.1 Å². The van der Waals surface area contributed by atoms with Crippen molar-refractivity contribution in [3.63, 3.8) is 0 Å². The summed E-state index contributed by atoms with van der Waals surface area (Å²) < 4.78 is 82.8. The first-order valence-electron chi connectivity index (χ1n) is 10.9. The number of anilines is 1. The van der Waals surface area contributed by atoms with Crippen molar-refractivity contribution in [2.75, 3.05) is 29.9 Å². The molecule has 0 bridgehead atoms. The molecule has 1 N–H and O–H groups in total. The zero-order chi connectivity index (χ0) is 26.7. The van der Waals surface area contributed by atoms with Crippen LogP contribution in [-0.2, 0) is 22.9 Å². The number of fused-ring (bicyclic) bond motifs is 1. The summed E-state index contributed by atoms with van der Waals surface area (Å²) in [6.07, 6.45) is 1.39. The van der Waals surface area contributed by atoms with E-state index in [1.165, 1.54) is 19.2 Å². The van der Waals surface area contributed by atoms with Gasteiger partial charge in [0.1, 0.15) is 17.4 Å². The molecule has 3 rings (SSSR count). The molecule has 196 valence electrons. The lowest BCUT2D eigenvalue weighted by molar-refractivity contribution is -0.0327. The van der Waals surface area contributed by atoms with Crippen molar-refractivity contribution in [1.29, 1.82) is 0 Å². The van der Waals surface area contributed by atoms with Crippen LogP contribution in [0.25, 0.3) is 11.1 Å². The van der Waals surface area contributed by atoms with Gasteiger partial charge in [0.15, 0.2) is 0 Å². The predicted molar refractivity (Wildman–Crippen MR) is 131 cm³/mol. The van der Waals surface area contributed by atoms with Crippen LogP contribution in [0.4, 0.5) is 23.4 Å². The molecule has 1 amide bonds. The number of aromatic nitrogens is 1. The van der Waals surface area contributed by atoms with E-state index < -0.39 is 27.3 Å². The number of furan rings is 1. The Morgan fingerprint density at radius 2 is 1.89 bits per heavy atom. The molecule has 0 spiro atoms. The number of hydrogen-bond acceptors (Lipinski definition) is 6. The topological polar surface area (TPSA) is 92.5 Å². The fourth-order valence-electron chi connectivity index (χ4n) is 3.69. The monoisotopic (exact) mass is 547 g/mol. The minimum Gasteiger partial charge on any atom is -0.441 e. The van der Waals surface area contributed by atoms with E-state index in [0.29, 0.717) is 22.9 Å². The summed E-state index contributed by atoms with van der Waals surface area (Å²) in [6, 6.07) is 7.28. The van der Waals surface area contributed by atoms with Gasteiger partial charge in [-0.3, -0.25) is 9.10 Å². The zero-order valence-electron chi connectivity index (χ0n) is 19.8. The molecule has 0 fully saturated rings. The molecule has 0 radical (unpaired) electrons. The number of carbonyl (C=O) groups is 1. The maximum atomic E-state index is 13.3. The van der Waals surface area contributed by atoms with E-state index in [4.69, 9.17) is 4.42 Å². The number of thioether (sulfide) groups is 1. The van der Waals surface area contributed by atoms with Crippen molar-refractivity contribution in [3.8, 4) is 0 Å². The molecule has 3 aromatic rings. The van der Waals surface area contributed by atoms with Gasteiger partial charge in [-0.05, 0) is 42.2 Å². The molecule has 36 heavy (non-hydrogen) atoms. The molecular weight excluding hydrogens is 522 g/mol. The van der Waals surface area contributed by atoms with Gasteiger partial charge < -0.3 is 9.73 Å². The first-order chi connectivity index (χ1) is 16.8. The molecule has 2 heterocycles. The molecule has 1 aromatic carbocycles. The number of aryl methyl sites for hydroxylation is 1. The van der Waals surface area contributed by atoms with E-state index >= 15 is 0 Å². The number of sulfonamides is 1. The van der Waals surface area contributed by atoms with Gasteiger partial charge in [0.2, 0.25) is 15.7 Å². The molecule has 0 aliphatic carbocycles. The van der Waals surface area contributed by atoms with E-state index in [0.717, 1.165) is 10.6 Å². The molecule has 7 nitrogen and oxygen atoms in total. The van der Waals surface area contributed by atoms with Gasteiger partial charge in [-0.15, -0.1) is 0 Å². The average Bonchev–Trinajstić information content (AvgIpc) is 3.14. The third-order valence-electron chi connectivity index (χ3n) is 5.33. The Hall–Kier alpha value is -2.80. The van der Waals surface area contributed by atoms with Crippen LogP contribution in [0.1, 0.15) is 40.6 Å². The first-order valence-corrected chi connectivity index (χ1v) is 13.8.